The van der Waals surface area contributed by atoms with Crippen molar-refractivity contribution < 1.29 is 4.39 Å². The van der Waals surface area contributed by atoms with Crippen LogP contribution in [0.2, 0.25) is 5.15 Å². The smallest absolute Gasteiger partial charge is 0.230 e. The number of rotatable bonds is 5. The molecular weight excluding hydrogens is 279 g/mol. The van der Waals surface area contributed by atoms with Crippen molar-refractivity contribution >= 4 is 29.1 Å². The Morgan fingerprint density at radius 2 is 1.80 bits per heavy atom. The fourth-order valence-corrected chi connectivity index (χ4v) is 2.01. The van der Waals surface area contributed by atoms with Gasteiger partial charge in [0.2, 0.25) is 5.95 Å². The number of benzene rings is 1. The van der Waals surface area contributed by atoms with Gasteiger partial charge in [-0.05, 0) is 38.1 Å². The number of hydrogen-bond donors (Lipinski definition) is 1. The third kappa shape index (κ3) is 3.57. The van der Waals surface area contributed by atoms with Crippen molar-refractivity contribution in [2.45, 2.75) is 13.8 Å². The van der Waals surface area contributed by atoms with Crippen LogP contribution in [0.25, 0.3) is 0 Å². The molecule has 0 aliphatic carbocycles. The Morgan fingerprint density at radius 1 is 1.15 bits per heavy atom. The summed E-state index contributed by atoms with van der Waals surface area (Å²) in [6.07, 6.45) is 0. The van der Waals surface area contributed by atoms with Crippen molar-refractivity contribution in [3.63, 3.8) is 0 Å². The van der Waals surface area contributed by atoms with Crippen LogP contribution < -0.4 is 10.2 Å². The molecule has 0 radical (unpaired) electrons. The zero-order valence-corrected chi connectivity index (χ0v) is 12.2. The zero-order chi connectivity index (χ0) is 14.5. The van der Waals surface area contributed by atoms with Crippen molar-refractivity contribution in [2.24, 2.45) is 0 Å². The van der Waals surface area contributed by atoms with Gasteiger partial charge in [-0.15, -0.1) is 0 Å². The molecule has 0 atom stereocenters. The van der Waals surface area contributed by atoms with Crippen LogP contribution in [0.5, 0.6) is 0 Å². The van der Waals surface area contributed by atoms with Gasteiger partial charge >= 0.3 is 0 Å². The van der Waals surface area contributed by atoms with E-state index >= 15 is 0 Å². The predicted octanol–water partition coefficient (Wildman–Crippen LogP) is 3.86. The third-order valence-corrected chi connectivity index (χ3v) is 3.06. The molecule has 1 heterocycles. The number of nitrogens with zero attached hydrogens (tertiary/aromatic N) is 3. The molecule has 0 bridgehead atoms. The Balaban J connectivity index is 2.25. The predicted molar refractivity (Wildman–Crippen MR) is 80.3 cm³/mol. The van der Waals surface area contributed by atoms with E-state index in [4.69, 9.17) is 11.6 Å². The highest BCUT2D eigenvalue weighted by molar-refractivity contribution is 6.29. The van der Waals surface area contributed by atoms with Gasteiger partial charge in [-0.25, -0.2) is 9.37 Å². The number of hydrogen-bond acceptors (Lipinski definition) is 4. The fourth-order valence-electron chi connectivity index (χ4n) is 1.83. The van der Waals surface area contributed by atoms with Gasteiger partial charge in [0.25, 0.3) is 0 Å². The third-order valence-electron chi connectivity index (χ3n) is 2.87. The van der Waals surface area contributed by atoms with Crippen LogP contribution in [0.1, 0.15) is 13.8 Å². The molecule has 6 heteroatoms. The maximum absolute atomic E-state index is 12.9. The quantitative estimate of drug-likeness (QED) is 0.850. The first kappa shape index (κ1) is 14.5. The maximum atomic E-state index is 12.9. The summed E-state index contributed by atoms with van der Waals surface area (Å²) in [6.45, 7) is 5.76. The summed E-state index contributed by atoms with van der Waals surface area (Å²) < 4.78 is 12.9. The van der Waals surface area contributed by atoms with Gasteiger partial charge in [-0.1, -0.05) is 11.6 Å². The van der Waals surface area contributed by atoms with E-state index in [0.29, 0.717) is 16.8 Å². The largest absolute Gasteiger partial charge is 0.357 e. The number of aromatic nitrogens is 2. The minimum absolute atomic E-state index is 0.286. The first-order valence-corrected chi connectivity index (χ1v) is 6.82. The minimum atomic E-state index is -0.286. The van der Waals surface area contributed by atoms with E-state index in [9.17, 15) is 4.39 Å². The number of nitrogens with one attached hydrogen (secondary N) is 1. The molecule has 4 nitrogen and oxygen atoms in total. The lowest BCUT2D eigenvalue weighted by Gasteiger charge is -2.20. The molecule has 0 amide bonds. The molecule has 106 valence electrons. The van der Waals surface area contributed by atoms with E-state index in [0.717, 1.165) is 18.9 Å². The summed E-state index contributed by atoms with van der Waals surface area (Å²) in [5, 5.41) is 3.38. The van der Waals surface area contributed by atoms with Gasteiger partial charge in [-0.2, -0.15) is 4.98 Å². The molecule has 1 aromatic heterocycles. The lowest BCUT2D eigenvalue weighted by Crippen LogP contribution is -2.23. The van der Waals surface area contributed by atoms with Crippen LogP contribution in [0.15, 0.2) is 30.3 Å². The summed E-state index contributed by atoms with van der Waals surface area (Å²) >= 11 is 6.02. The highest BCUT2D eigenvalue weighted by Crippen LogP contribution is 2.20. The van der Waals surface area contributed by atoms with Crippen molar-refractivity contribution in [3.8, 4) is 0 Å². The SMILES string of the molecule is CCN(CC)c1cc(Cl)nc(Nc2ccc(F)cc2)n1. The Morgan fingerprint density at radius 3 is 2.40 bits per heavy atom. The summed E-state index contributed by atoms with van der Waals surface area (Å²) in [7, 11) is 0. The second kappa shape index (κ2) is 6.52. The molecule has 1 aromatic carbocycles. The van der Waals surface area contributed by atoms with E-state index in [1.807, 2.05) is 13.8 Å². The van der Waals surface area contributed by atoms with E-state index in [1.54, 1.807) is 18.2 Å². The molecular formula is C14H16ClFN4. The molecule has 0 unspecified atom stereocenters. The number of halogens is 2. The van der Waals surface area contributed by atoms with E-state index < -0.39 is 0 Å². The maximum Gasteiger partial charge on any atom is 0.230 e. The second-order valence-corrected chi connectivity index (χ2v) is 4.56. The molecule has 0 aliphatic rings. The minimum Gasteiger partial charge on any atom is -0.357 e. The average molecular weight is 295 g/mol. The molecule has 1 N–H and O–H groups in total. The van der Waals surface area contributed by atoms with Crippen molar-refractivity contribution in [1.29, 1.82) is 0 Å². The van der Waals surface area contributed by atoms with E-state index in [2.05, 4.69) is 20.2 Å². The monoisotopic (exact) mass is 294 g/mol. The van der Waals surface area contributed by atoms with E-state index in [-0.39, 0.29) is 5.82 Å². The Labute approximate surface area is 122 Å². The summed E-state index contributed by atoms with van der Waals surface area (Å²) in [5.41, 5.74) is 0.708. The van der Waals surface area contributed by atoms with Gasteiger partial charge in [0.05, 0.1) is 0 Å². The van der Waals surface area contributed by atoms with Crippen molar-refractivity contribution in [2.75, 3.05) is 23.3 Å². The van der Waals surface area contributed by atoms with Crippen LogP contribution in [0.3, 0.4) is 0 Å². The van der Waals surface area contributed by atoms with E-state index in [1.165, 1.54) is 12.1 Å². The van der Waals surface area contributed by atoms with Crippen LogP contribution in [-0.2, 0) is 0 Å². The molecule has 20 heavy (non-hydrogen) atoms. The fraction of sp³-hybridized carbons (Fsp3) is 0.286. The van der Waals surface area contributed by atoms with Crippen molar-refractivity contribution in [3.05, 3.63) is 41.3 Å². The van der Waals surface area contributed by atoms with Crippen LogP contribution in [0, 0.1) is 5.82 Å². The standard InChI is InChI=1S/C14H16ClFN4/c1-3-20(4-2)13-9-12(15)18-14(19-13)17-11-7-5-10(16)6-8-11/h5-9H,3-4H2,1-2H3,(H,17,18,19). The Bertz CT molecular complexity index is 570. The topological polar surface area (TPSA) is 41.1 Å². The van der Waals surface area contributed by atoms with Gasteiger partial charge in [0, 0.05) is 24.8 Å². The second-order valence-electron chi connectivity index (χ2n) is 4.18. The van der Waals surface area contributed by atoms with Gasteiger partial charge < -0.3 is 10.2 Å². The Hall–Kier alpha value is -1.88. The molecule has 0 aliphatic heterocycles. The molecule has 2 rings (SSSR count). The summed E-state index contributed by atoms with van der Waals surface area (Å²) in [5.74, 6) is 0.872. The molecule has 0 saturated carbocycles. The lowest BCUT2D eigenvalue weighted by molar-refractivity contribution is 0.628. The van der Waals surface area contributed by atoms with Gasteiger partial charge in [-0.3, -0.25) is 0 Å². The molecule has 0 spiro atoms. The first-order chi connectivity index (χ1) is 9.62. The van der Waals surface area contributed by atoms with Crippen LogP contribution in [0.4, 0.5) is 21.8 Å². The number of anilines is 3. The van der Waals surface area contributed by atoms with Gasteiger partial charge in [0.1, 0.15) is 16.8 Å². The molecule has 2 aromatic rings. The lowest BCUT2D eigenvalue weighted by atomic mass is 10.3. The molecule has 0 saturated heterocycles. The zero-order valence-electron chi connectivity index (χ0n) is 11.4. The normalized spacial score (nSPS) is 10.4. The summed E-state index contributed by atoms with van der Waals surface area (Å²) in [6, 6.07) is 7.72. The summed E-state index contributed by atoms with van der Waals surface area (Å²) in [4.78, 5) is 10.6. The van der Waals surface area contributed by atoms with Gasteiger partial charge in [0.15, 0.2) is 0 Å². The van der Waals surface area contributed by atoms with Crippen molar-refractivity contribution in [1.82, 2.24) is 9.97 Å². The van der Waals surface area contributed by atoms with Crippen LogP contribution in [-0.4, -0.2) is 23.1 Å². The highest BCUT2D eigenvalue weighted by Gasteiger charge is 2.08. The highest BCUT2D eigenvalue weighted by atomic mass is 35.5. The molecule has 0 fully saturated rings. The Kier molecular flexibility index (Phi) is 4.74. The first-order valence-electron chi connectivity index (χ1n) is 6.44. The van der Waals surface area contributed by atoms with Crippen LogP contribution >= 0.6 is 11.6 Å². The average Bonchev–Trinajstić information content (AvgIpc) is 2.42.